The van der Waals surface area contributed by atoms with E-state index in [2.05, 4.69) is 20.7 Å². The largest absolute Gasteiger partial charge is 0.493 e. The summed E-state index contributed by atoms with van der Waals surface area (Å²) >= 11 is 5.24. The normalized spacial score (nSPS) is 14.8. The minimum absolute atomic E-state index is 0.479. The number of methoxy groups -OCH3 is 3. The van der Waals surface area contributed by atoms with Gasteiger partial charge in [-0.05, 0) is 37.3 Å². The molecule has 0 spiro atoms. The van der Waals surface area contributed by atoms with Gasteiger partial charge >= 0.3 is 0 Å². The van der Waals surface area contributed by atoms with Gasteiger partial charge in [-0.1, -0.05) is 0 Å². The van der Waals surface area contributed by atoms with Crippen LogP contribution in [0.15, 0.2) is 17.2 Å². The maximum Gasteiger partial charge on any atom is 0.203 e. The number of rotatable bonds is 9. The first kappa shape index (κ1) is 21.2. The molecule has 0 aliphatic carbocycles. The first-order valence-corrected chi connectivity index (χ1v) is 9.26. The van der Waals surface area contributed by atoms with Crippen LogP contribution in [0.2, 0.25) is 0 Å². The lowest BCUT2D eigenvalue weighted by molar-refractivity contribution is 0.0376. The fourth-order valence-corrected chi connectivity index (χ4v) is 2.91. The summed E-state index contributed by atoms with van der Waals surface area (Å²) in [6.07, 6.45) is 2.64. The number of hydrogen-bond donors (Lipinski definition) is 2. The van der Waals surface area contributed by atoms with E-state index < -0.39 is 0 Å². The van der Waals surface area contributed by atoms with Crippen molar-refractivity contribution >= 4 is 23.5 Å². The zero-order valence-electron chi connectivity index (χ0n) is 16.1. The number of ether oxygens (including phenoxy) is 4. The number of hydrazone groups is 1. The smallest absolute Gasteiger partial charge is 0.203 e. The molecule has 1 fully saturated rings. The van der Waals surface area contributed by atoms with Crippen molar-refractivity contribution in [1.82, 2.24) is 15.6 Å². The predicted octanol–water partition coefficient (Wildman–Crippen LogP) is 1.23. The summed E-state index contributed by atoms with van der Waals surface area (Å²) < 4.78 is 21.4. The van der Waals surface area contributed by atoms with Crippen molar-refractivity contribution < 1.29 is 18.9 Å². The minimum atomic E-state index is 0.479. The highest BCUT2D eigenvalue weighted by Crippen LogP contribution is 2.38. The third-order valence-corrected chi connectivity index (χ3v) is 4.38. The Morgan fingerprint density at radius 3 is 2.59 bits per heavy atom. The van der Waals surface area contributed by atoms with Crippen molar-refractivity contribution in [2.75, 3.05) is 60.7 Å². The molecule has 0 bridgehead atoms. The lowest BCUT2D eigenvalue weighted by Crippen LogP contribution is -2.39. The van der Waals surface area contributed by atoms with Gasteiger partial charge in [0.25, 0.3) is 0 Å². The van der Waals surface area contributed by atoms with Crippen molar-refractivity contribution in [2.24, 2.45) is 5.10 Å². The minimum Gasteiger partial charge on any atom is -0.493 e. The summed E-state index contributed by atoms with van der Waals surface area (Å²) in [6, 6.07) is 3.63. The molecule has 0 aromatic heterocycles. The molecule has 0 saturated carbocycles. The van der Waals surface area contributed by atoms with E-state index in [0.29, 0.717) is 22.4 Å². The molecule has 1 saturated heterocycles. The van der Waals surface area contributed by atoms with Crippen LogP contribution in [0.1, 0.15) is 12.0 Å². The van der Waals surface area contributed by atoms with Gasteiger partial charge in [-0.15, -0.1) is 0 Å². The van der Waals surface area contributed by atoms with Gasteiger partial charge < -0.3 is 24.3 Å². The number of nitrogens with zero attached hydrogens (tertiary/aromatic N) is 2. The highest BCUT2D eigenvalue weighted by molar-refractivity contribution is 7.80. The topological polar surface area (TPSA) is 76.6 Å². The van der Waals surface area contributed by atoms with Crippen LogP contribution in [0, 0.1) is 0 Å². The summed E-state index contributed by atoms with van der Waals surface area (Å²) in [5.41, 5.74) is 3.56. The fourth-order valence-electron chi connectivity index (χ4n) is 2.76. The molecule has 150 valence electrons. The maximum absolute atomic E-state index is 5.42. The Morgan fingerprint density at radius 1 is 1.19 bits per heavy atom. The molecule has 1 heterocycles. The fraction of sp³-hybridized carbons (Fsp3) is 0.556. The zero-order valence-corrected chi connectivity index (χ0v) is 16.9. The standard InChI is InChI=1S/C18H28N4O4S/c1-23-15-6-5-14(16(24-2)17(15)25-3)13-20-21-18(27)19-7-4-8-22-9-11-26-12-10-22/h5-6,13H,4,7-12H2,1-3H3,(H2,19,21,27)/b20-13+. The van der Waals surface area contributed by atoms with Gasteiger partial charge in [0.2, 0.25) is 5.75 Å². The van der Waals surface area contributed by atoms with Gasteiger partial charge in [0.15, 0.2) is 16.6 Å². The van der Waals surface area contributed by atoms with E-state index in [9.17, 15) is 0 Å². The highest BCUT2D eigenvalue weighted by Gasteiger charge is 2.14. The number of hydrogen-bond acceptors (Lipinski definition) is 7. The number of nitrogens with one attached hydrogen (secondary N) is 2. The average Bonchev–Trinajstić information content (AvgIpc) is 2.71. The number of benzene rings is 1. The molecule has 0 amide bonds. The van der Waals surface area contributed by atoms with Crippen molar-refractivity contribution in [1.29, 1.82) is 0 Å². The second-order valence-electron chi connectivity index (χ2n) is 5.86. The van der Waals surface area contributed by atoms with Gasteiger partial charge in [0.1, 0.15) is 0 Å². The summed E-state index contributed by atoms with van der Waals surface area (Å²) in [5.74, 6) is 1.66. The Hall–Kier alpha value is -2.10. The first-order chi connectivity index (χ1) is 13.2. The molecule has 2 rings (SSSR count). The molecule has 1 aromatic rings. The second-order valence-corrected chi connectivity index (χ2v) is 6.27. The molecule has 0 unspecified atom stereocenters. The van der Waals surface area contributed by atoms with Crippen LogP contribution in [0.5, 0.6) is 17.2 Å². The number of thiocarbonyl (C=S) groups is 1. The van der Waals surface area contributed by atoms with Gasteiger partial charge in [-0.25, -0.2) is 0 Å². The maximum atomic E-state index is 5.42. The Kier molecular flexibility index (Phi) is 9.09. The second kappa shape index (κ2) is 11.6. The molecule has 8 nitrogen and oxygen atoms in total. The molecule has 2 N–H and O–H groups in total. The van der Waals surface area contributed by atoms with Gasteiger partial charge in [-0.2, -0.15) is 5.10 Å². The van der Waals surface area contributed by atoms with Crippen molar-refractivity contribution in [3.8, 4) is 17.2 Å². The summed E-state index contributed by atoms with van der Waals surface area (Å²) in [5, 5.41) is 7.80. The van der Waals surface area contributed by atoms with Gasteiger partial charge in [0, 0.05) is 25.2 Å². The van der Waals surface area contributed by atoms with Crippen LogP contribution >= 0.6 is 12.2 Å². The van der Waals surface area contributed by atoms with Gasteiger partial charge in [0.05, 0.1) is 40.8 Å². The zero-order chi connectivity index (χ0) is 19.5. The molecule has 0 radical (unpaired) electrons. The van der Waals surface area contributed by atoms with Crippen molar-refractivity contribution in [3.05, 3.63) is 17.7 Å². The van der Waals surface area contributed by atoms with Crippen LogP contribution < -0.4 is 25.0 Å². The van der Waals surface area contributed by atoms with Crippen LogP contribution in [-0.2, 0) is 4.74 Å². The molecular formula is C18H28N4O4S. The first-order valence-electron chi connectivity index (χ1n) is 8.85. The van der Waals surface area contributed by atoms with Crippen molar-refractivity contribution in [3.63, 3.8) is 0 Å². The predicted molar refractivity (Wildman–Crippen MR) is 109 cm³/mol. The Labute approximate surface area is 165 Å². The monoisotopic (exact) mass is 396 g/mol. The quantitative estimate of drug-likeness (QED) is 0.279. The van der Waals surface area contributed by atoms with Crippen LogP contribution in [0.25, 0.3) is 0 Å². The molecule has 1 aromatic carbocycles. The van der Waals surface area contributed by atoms with E-state index in [1.165, 1.54) is 0 Å². The highest BCUT2D eigenvalue weighted by atomic mass is 32.1. The molecule has 1 aliphatic heterocycles. The summed E-state index contributed by atoms with van der Waals surface area (Å²) in [7, 11) is 4.72. The molecule has 9 heteroatoms. The lowest BCUT2D eigenvalue weighted by atomic mass is 10.2. The summed E-state index contributed by atoms with van der Waals surface area (Å²) in [4.78, 5) is 2.39. The summed E-state index contributed by atoms with van der Waals surface area (Å²) in [6.45, 7) is 5.47. The molecule has 1 aliphatic rings. The molecular weight excluding hydrogens is 368 g/mol. The van der Waals surface area contributed by atoms with Crippen molar-refractivity contribution in [2.45, 2.75) is 6.42 Å². The molecule has 0 atom stereocenters. The Morgan fingerprint density at radius 2 is 1.93 bits per heavy atom. The lowest BCUT2D eigenvalue weighted by Gasteiger charge is -2.26. The van der Waals surface area contributed by atoms with E-state index in [1.54, 1.807) is 33.6 Å². The molecule has 27 heavy (non-hydrogen) atoms. The average molecular weight is 397 g/mol. The van der Waals surface area contributed by atoms with E-state index in [4.69, 9.17) is 31.2 Å². The Balaban J connectivity index is 1.78. The van der Waals surface area contributed by atoms with E-state index in [1.807, 2.05) is 6.07 Å². The van der Waals surface area contributed by atoms with E-state index in [-0.39, 0.29) is 0 Å². The third kappa shape index (κ3) is 6.53. The SMILES string of the molecule is COc1ccc(/C=N/NC(=S)NCCCN2CCOCC2)c(OC)c1OC. The van der Waals surface area contributed by atoms with E-state index in [0.717, 1.165) is 51.4 Å². The Bertz CT molecular complexity index is 636. The van der Waals surface area contributed by atoms with Crippen LogP contribution in [-0.4, -0.2) is 76.9 Å². The van der Waals surface area contributed by atoms with Gasteiger partial charge in [-0.3, -0.25) is 10.3 Å². The third-order valence-electron chi connectivity index (χ3n) is 4.14. The van der Waals surface area contributed by atoms with E-state index >= 15 is 0 Å². The number of morpholine rings is 1. The van der Waals surface area contributed by atoms with Crippen LogP contribution in [0.4, 0.5) is 0 Å². The van der Waals surface area contributed by atoms with Crippen LogP contribution in [0.3, 0.4) is 0 Å².